The molecular formula is C13H12O3. The van der Waals surface area contributed by atoms with Crippen LogP contribution in [0.4, 0.5) is 0 Å². The zero-order chi connectivity index (χ0) is 11.8. The average Bonchev–Trinajstić information content (AvgIpc) is 2.34. The number of methoxy groups -OCH3 is 1. The summed E-state index contributed by atoms with van der Waals surface area (Å²) in [5.74, 6) is 4.84. The number of rotatable bonds is 3. The highest BCUT2D eigenvalue weighted by Gasteiger charge is 2.03. The predicted octanol–water partition coefficient (Wildman–Crippen LogP) is 1.34. The van der Waals surface area contributed by atoms with Crippen LogP contribution >= 0.6 is 0 Å². The molecule has 0 aliphatic carbocycles. The van der Waals surface area contributed by atoms with E-state index < -0.39 is 0 Å². The van der Waals surface area contributed by atoms with Crippen LogP contribution in [-0.4, -0.2) is 19.4 Å². The summed E-state index contributed by atoms with van der Waals surface area (Å²) in [4.78, 5) is 21.2. The summed E-state index contributed by atoms with van der Waals surface area (Å²) in [6, 6.07) is 7.43. The number of hydrogen-bond acceptors (Lipinski definition) is 3. The molecule has 0 radical (unpaired) electrons. The first kappa shape index (κ1) is 12.0. The topological polar surface area (TPSA) is 43.4 Å². The summed E-state index contributed by atoms with van der Waals surface area (Å²) >= 11 is 0. The molecule has 0 unspecified atom stereocenters. The molecule has 1 rings (SSSR count). The van der Waals surface area contributed by atoms with Gasteiger partial charge in [-0.3, -0.25) is 9.59 Å². The summed E-state index contributed by atoms with van der Waals surface area (Å²) in [5.41, 5.74) is 1.72. The van der Waals surface area contributed by atoms with Gasteiger partial charge in [-0.05, 0) is 24.0 Å². The van der Waals surface area contributed by atoms with Crippen molar-refractivity contribution in [3.05, 3.63) is 35.4 Å². The second-order valence-electron chi connectivity index (χ2n) is 3.12. The molecule has 0 aliphatic rings. The van der Waals surface area contributed by atoms with Crippen molar-refractivity contribution in [1.29, 1.82) is 0 Å². The number of aryl methyl sites for hydroxylation is 1. The average molecular weight is 216 g/mol. The third-order valence-electron chi connectivity index (χ3n) is 2.11. The molecule has 0 spiro atoms. The Bertz CT molecular complexity index is 438. The minimum absolute atomic E-state index is 0.252. The molecule has 0 saturated heterocycles. The van der Waals surface area contributed by atoms with Crippen LogP contribution in [0, 0.1) is 11.8 Å². The first-order valence-electron chi connectivity index (χ1n) is 4.88. The van der Waals surface area contributed by atoms with Crippen molar-refractivity contribution in [1.82, 2.24) is 0 Å². The smallest absolute Gasteiger partial charge is 0.305 e. The second-order valence-corrected chi connectivity index (χ2v) is 3.12. The molecule has 0 aromatic heterocycles. The Labute approximate surface area is 94.4 Å². The number of carbonyl (C=O) groups is 2. The number of hydrogen-bond donors (Lipinski definition) is 0. The zero-order valence-corrected chi connectivity index (χ0v) is 9.03. The van der Waals surface area contributed by atoms with Gasteiger partial charge in [0.2, 0.25) is 0 Å². The van der Waals surface area contributed by atoms with E-state index in [0.29, 0.717) is 19.1 Å². The van der Waals surface area contributed by atoms with Crippen LogP contribution in [0.25, 0.3) is 0 Å². The third-order valence-corrected chi connectivity index (χ3v) is 2.11. The standard InChI is InChI=1S/C13H12O3/c1-16-13(15)9-8-12-6-3-2-5-11(12)7-4-10-14/h2-3,5-6,10H,8-9H2,1H3. The van der Waals surface area contributed by atoms with E-state index in [-0.39, 0.29) is 5.97 Å². The Hall–Kier alpha value is -2.08. The summed E-state index contributed by atoms with van der Waals surface area (Å²) in [7, 11) is 1.36. The molecule has 0 amide bonds. The van der Waals surface area contributed by atoms with Crippen molar-refractivity contribution in [3.63, 3.8) is 0 Å². The fourth-order valence-electron chi connectivity index (χ4n) is 1.31. The Balaban J connectivity index is 2.78. The van der Waals surface area contributed by atoms with E-state index in [1.807, 2.05) is 24.3 Å². The number of aldehydes is 1. The maximum atomic E-state index is 11.0. The molecule has 0 atom stereocenters. The van der Waals surface area contributed by atoms with E-state index in [4.69, 9.17) is 0 Å². The van der Waals surface area contributed by atoms with Crippen LogP contribution in [0.5, 0.6) is 0 Å². The van der Waals surface area contributed by atoms with Crippen molar-refractivity contribution in [2.75, 3.05) is 7.11 Å². The Morgan fingerprint density at radius 3 is 2.88 bits per heavy atom. The first-order valence-corrected chi connectivity index (χ1v) is 4.88. The second kappa shape index (κ2) is 6.41. The van der Waals surface area contributed by atoms with Crippen molar-refractivity contribution in [2.45, 2.75) is 12.8 Å². The summed E-state index contributed by atoms with van der Waals surface area (Å²) in [6.07, 6.45) is 1.43. The fourth-order valence-corrected chi connectivity index (χ4v) is 1.31. The molecule has 0 heterocycles. The van der Waals surface area contributed by atoms with Gasteiger partial charge in [-0.25, -0.2) is 0 Å². The van der Waals surface area contributed by atoms with E-state index >= 15 is 0 Å². The Kier molecular flexibility index (Phi) is 4.81. The molecule has 82 valence electrons. The lowest BCUT2D eigenvalue weighted by Gasteiger charge is -2.03. The minimum atomic E-state index is -0.252. The number of carbonyl (C=O) groups excluding carboxylic acids is 2. The maximum absolute atomic E-state index is 11.0. The van der Waals surface area contributed by atoms with Gasteiger partial charge in [0.1, 0.15) is 0 Å². The monoisotopic (exact) mass is 216 g/mol. The van der Waals surface area contributed by atoms with Gasteiger partial charge in [0.05, 0.1) is 7.11 Å². The maximum Gasteiger partial charge on any atom is 0.305 e. The number of esters is 1. The van der Waals surface area contributed by atoms with Gasteiger partial charge in [0.25, 0.3) is 0 Å². The van der Waals surface area contributed by atoms with Crippen molar-refractivity contribution in [3.8, 4) is 11.8 Å². The van der Waals surface area contributed by atoms with Crippen LogP contribution in [0.15, 0.2) is 24.3 Å². The van der Waals surface area contributed by atoms with Crippen LogP contribution in [0.1, 0.15) is 17.5 Å². The predicted molar refractivity (Wildman–Crippen MR) is 59.7 cm³/mol. The molecule has 0 aliphatic heterocycles. The van der Waals surface area contributed by atoms with E-state index in [1.54, 1.807) is 0 Å². The molecule has 0 bridgehead atoms. The van der Waals surface area contributed by atoms with Crippen molar-refractivity contribution >= 4 is 12.3 Å². The van der Waals surface area contributed by atoms with Gasteiger partial charge in [-0.15, -0.1) is 0 Å². The molecule has 0 N–H and O–H groups in total. The van der Waals surface area contributed by atoms with Crippen LogP contribution in [0.2, 0.25) is 0 Å². The summed E-state index contributed by atoms with van der Waals surface area (Å²) < 4.78 is 4.56. The highest BCUT2D eigenvalue weighted by molar-refractivity contribution is 5.74. The number of ether oxygens (including phenoxy) is 1. The summed E-state index contributed by atoms with van der Waals surface area (Å²) in [5, 5.41) is 0. The third kappa shape index (κ3) is 3.58. The van der Waals surface area contributed by atoms with Gasteiger partial charge in [-0.2, -0.15) is 0 Å². The van der Waals surface area contributed by atoms with Crippen molar-refractivity contribution < 1.29 is 14.3 Å². The lowest BCUT2D eigenvalue weighted by molar-refractivity contribution is -0.140. The molecule has 3 heteroatoms. The molecule has 0 fully saturated rings. The molecular weight excluding hydrogens is 204 g/mol. The largest absolute Gasteiger partial charge is 0.469 e. The van der Waals surface area contributed by atoms with E-state index in [9.17, 15) is 9.59 Å². The molecule has 1 aromatic carbocycles. The highest BCUT2D eigenvalue weighted by Crippen LogP contribution is 2.10. The molecule has 0 saturated carbocycles. The van der Waals surface area contributed by atoms with Gasteiger partial charge >= 0.3 is 5.97 Å². The zero-order valence-electron chi connectivity index (χ0n) is 9.03. The Morgan fingerprint density at radius 2 is 2.19 bits per heavy atom. The van der Waals surface area contributed by atoms with E-state index in [0.717, 1.165) is 11.1 Å². The van der Waals surface area contributed by atoms with Crippen molar-refractivity contribution in [2.24, 2.45) is 0 Å². The minimum Gasteiger partial charge on any atom is -0.469 e. The SMILES string of the molecule is COC(=O)CCc1ccccc1C#CC=O. The molecule has 16 heavy (non-hydrogen) atoms. The van der Waals surface area contributed by atoms with Crippen LogP contribution < -0.4 is 0 Å². The molecule has 1 aromatic rings. The van der Waals surface area contributed by atoms with Gasteiger partial charge < -0.3 is 4.74 Å². The molecule has 3 nitrogen and oxygen atoms in total. The number of benzene rings is 1. The normalized spacial score (nSPS) is 8.81. The first-order chi connectivity index (χ1) is 7.77. The Morgan fingerprint density at radius 1 is 1.44 bits per heavy atom. The van der Waals surface area contributed by atoms with E-state index in [1.165, 1.54) is 7.11 Å². The van der Waals surface area contributed by atoms with Crippen LogP contribution in [0.3, 0.4) is 0 Å². The quantitative estimate of drug-likeness (QED) is 0.435. The van der Waals surface area contributed by atoms with Gasteiger partial charge in [-0.1, -0.05) is 24.1 Å². The highest BCUT2D eigenvalue weighted by atomic mass is 16.5. The van der Waals surface area contributed by atoms with Gasteiger partial charge in [0, 0.05) is 12.0 Å². The lowest BCUT2D eigenvalue weighted by Crippen LogP contribution is -2.02. The van der Waals surface area contributed by atoms with Crippen LogP contribution in [-0.2, 0) is 20.7 Å². The van der Waals surface area contributed by atoms with E-state index in [2.05, 4.69) is 16.6 Å². The fraction of sp³-hybridized carbons (Fsp3) is 0.231. The lowest BCUT2D eigenvalue weighted by atomic mass is 10.0. The summed E-state index contributed by atoms with van der Waals surface area (Å²) in [6.45, 7) is 0. The van der Waals surface area contributed by atoms with Gasteiger partial charge in [0.15, 0.2) is 6.29 Å².